The molecule has 0 aliphatic rings. The van der Waals surface area contributed by atoms with Gasteiger partial charge in [0.15, 0.2) is 17.2 Å². The van der Waals surface area contributed by atoms with Gasteiger partial charge in [-0.15, -0.1) is 21.5 Å². The fourth-order valence-electron chi connectivity index (χ4n) is 2.85. The van der Waals surface area contributed by atoms with Crippen LogP contribution >= 0.6 is 27.3 Å². The number of azo groups is 1. The third-order valence-electron chi connectivity index (χ3n) is 4.26. The number of benzene rings is 2. The molecule has 0 amide bonds. The van der Waals surface area contributed by atoms with E-state index < -0.39 is 0 Å². The van der Waals surface area contributed by atoms with E-state index >= 15 is 0 Å². The first-order valence-electron chi connectivity index (χ1n) is 8.56. The summed E-state index contributed by atoms with van der Waals surface area (Å²) < 4.78 is 3.60. The largest absolute Gasteiger partial charge is 0.383 e. The zero-order chi connectivity index (χ0) is 20.0. The van der Waals surface area contributed by atoms with E-state index in [1.165, 1.54) is 0 Å². The first kappa shape index (κ1) is 17.7. The van der Waals surface area contributed by atoms with Gasteiger partial charge in [-0.1, -0.05) is 28.1 Å². The Labute approximate surface area is 177 Å². The zero-order valence-corrected chi connectivity index (χ0v) is 17.2. The maximum absolute atomic E-state index is 6.24. The van der Waals surface area contributed by atoms with E-state index in [9.17, 15) is 0 Å². The van der Waals surface area contributed by atoms with Gasteiger partial charge < -0.3 is 11.5 Å². The second kappa shape index (κ2) is 6.90. The van der Waals surface area contributed by atoms with E-state index in [2.05, 4.69) is 41.2 Å². The van der Waals surface area contributed by atoms with Crippen LogP contribution in [0.3, 0.4) is 0 Å². The summed E-state index contributed by atoms with van der Waals surface area (Å²) in [6, 6.07) is 15.3. The Balaban J connectivity index is 1.58. The number of fused-ring (bicyclic) bond motifs is 2. The lowest BCUT2D eigenvalue weighted by atomic mass is 10.3. The van der Waals surface area contributed by atoms with Gasteiger partial charge in [0.1, 0.15) is 10.8 Å². The summed E-state index contributed by atoms with van der Waals surface area (Å²) in [5.74, 6) is 0.552. The number of hydrogen-bond acceptors (Lipinski definition) is 8. The molecule has 10 heteroatoms. The van der Waals surface area contributed by atoms with Crippen LogP contribution in [-0.4, -0.2) is 19.6 Å². The third-order valence-corrected chi connectivity index (χ3v) is 5.86. The molecule has 2 aromatic carbocycles. The van der Waals surface area contributed by atoms with Gasteiger partial charge >= 0.3 is 0 Å². The first-order valence-corrected chi connectivity index (χ1v) is 10.2. The van der Waals surface area contributed by atoms with Gasteiger partial charge in [-0.25, -0.2) is 14.5 Å². The number of nitrogen functional groups attached to an aromatic ring is 2. The fraction of sp³-hybridized carbons (Fsp3) is 0. The molecule has 5 rings (SSSR count). The Bertz CT molecular complexity index is 1350. The molecule has 3 heterocycles. The van der Waals surface area contributed by atoms with Gasteiger partial charge in [-0.2, -0.15) is 5.11 Å². The Kier molecular flexibility index (Phi) is 4.22. The lowest BCUT2D eigenvalue weighted by Gasteiger charge is -2.02. The summed E-state index contributed by atoms with van der Waals surface area (Å²) in [5, 5.41) is 13.5. The summed E-state index contributed by atoms with van der Waals surface area (Å²) in [4.78, 5) is 9.12. The fourth-order valence-corrected chi connectivity index (χ4v) is 4.10. The number of anilines is 2. The summed E-state index contributed by atoms with van der Waals surface area (Å²) in [6.45, 7) is 0. The van der Waals surface area contributed by atoms with Crippen LogP contribution in [0.4, 0.5) is 23.0 Å². The molecule has 0 radical (unpaired) electrons. The average molecular weight is 465 g/mol. The van der Waals surface area contributed by atoms with E-state index in [-0.39, 0.29) is 5.82 Å². The number of hydrogen-bond donors (Lipinski definition) is 2. The molecular weight excluding hydrogens is 452 g/mol. The van der Waals surface area contributed by atoms with Crippen LogP contribution in [0.5, 0.6) is 0 Å². The quantitative estimate of drug-likeness (QED) is 0.348. The van der Waals surface area contributed by atoms with Crippen molar-refractivity contribution >= 4 is 66.1 Å². The number of para-hydroxylation sites is 1. The molecule has 0 unspecified atom stereocenters. The Morgan fingerprint density at radius 1 is 0.931 bits per heavy atom. The van der Waals surface area contributed by atoms with Crippen LogP contribution in [0.2, 0.25) is 0 Å². The van der Waals surface area contributed by atoms with Gasteiger partial charge in [0.2, 0.25) is 0 Å². The number of nitrogens with two attached hydrogens (primary N) is 2. The van der Waals surface area contributed by atoms with Crippen molar-refractivity contribution in [2.24, 2.45) is 10.2 Å². The Morgan fingerprint density at radius 3 is 2.52 bits per heavy atom. The monoisotopic (exact) mass is 464 g/mol. The molecule has 0 aliphatic heterocycles. The molecule has 0 bridgehead atoms. The van der Waals surface area contributed by atoms with Crippen LogP contribution in [0.25, 0.3) is 26.4 Å². The number of rotatable bonds is 3. The molecule has 5 aromatic rings. The van der Waals surface area contributed by atoms with Crippen LogP contribution in [0.15, 0.2) is 69.4 Å². The van der Waals surface area contributed by atoms with Crippen molar-refractivity contribution in [2.45, 2.75) is 0 Å². The van der Waals surface area contributed by atoms with Gasteiger partial charge in [-0.3, -0.25) is 0 Å². The standard InChI is InChI=1S/C19H13BrN8S/c20-10-5-7-11(8-6-10)25-26-15-17(22)27-28-9-12(16(21)24-18(15)28)19-23-13-3-1-2-4-14(13)29-19/h1-9H,(H2,21,24)(H2,22,27). The molecule has 0 atom stereocenters. The highest BCUT2D eigenvalue weighted by Crippen LogP contribution is 2.35. The smallest absolute Gasteiger partial charge is 0.187 e. The van der Waals surface area contributed by atoms with E-state index in [0.717, 1.165) is 19.7 Å². The molecule has 29 heavy (non-hydrogen) atoms. The second-order valence-electron chi connectivity index (χ2n) is 6.21. The molecule has 4 N–H and O–H groups in total. The molecule has 0 saturated carbocycles. The van der Waals surface area contributed by atoms with Crippen molar-refractivity contribution in [1.29, 1.82) is 0 Å². The van der Waals surface area contributed by atoms with Gasteiger partial charge in [-0.05, 0) is 36.4 Å². The molecular formula is C19H13BrN8S. The molecule has 0 spiro atoms. The molecule has 0 fully saturated rings. The van der Waals surface area contributed by atoms with Gasteiger partial charge in [0.05, 0.1) is 21.5 Å². The molecule has 8 nitrogen and oxygen atoms in total. The minimum Gasteiger partial charge on any atom is -0.383 e. The Hall–Kier alpha value is -3.37. The summed E-state index contributed by atoms with van der Waals surface area (Å²) in [5.41, 5.74) is 15.4. The van der Waals surface area contributed by atoms with Gasteiger partial charge in [0, 0.05) is 10.7 Å². The van der Waals surface area contributed by atoms with Crippen LogP contribution in [-0.2, 0) is 0 Å². The predicted octanol–water partition coefficient (Wildman–Crippen LogP) is 5.35. The lowest BCUT2D eigenvalue weighted by Crippen LogP contribution is -1.99. The normalized spacial score (nSPS) is 11.8. The third kappa shape index (κ3) is 3.22. The Morgan fingerprint density at radius 2 is 1.72 bits per heavy atom. The SMILES string of the molecule is Nc1nc2c(N=Nc3ccc(Br)cc3)c(N)nn2cc1-c1nc2ccccc2s1. The highest BCUT2D eigenvalue weighted by molar-refractivity contribution is 9.10. The zero-order valence-electron chi connectivity index (χ0n) is 14.8. The second-order valence-corrected chi connectivity index (χ2v) is 8.15. The summed E-state index contributed by atoms with van der Waals surface area (Å²) in [7, 11) is 0. The van der Waals surface area contributed by atoms with E-state index in [1.807, 2.05) is 48.5 Å². The van der Waals surface area contributed by atoms with E-state index in [0.29, 0.717) is 28.4 Å². The average Bonchev–Trinajstić information content (AvgIpc) is 3.27. The molecule has 142 valence electrons. The minimum absolute atomic E-state index is 0.221. The van der Waals surface area contributed by atoms with Gasteiger partial charge in [0.25, 0.3) is 0 Å². The summed E-state index contributed by atoms with van der Waals surface area (Å²) >= 11 is 4.93. The molecule has 0 saturated heterocycles. The molecule has 3 aromatic heterocycles. The highest BCUT2D eigenvalue weighted by atomic mass is 79.9. The number of thiazole rings is 1. The van der Waals surface area contributed by atoms with Crippen molar-refractivity contribution in [3.05, 3.63) is 59.2 Å². The van der Waals surface area contributed by atoms with Crippen molar-refractivity contribution < 1.29 is 0 Å². The number of halogens is 1. The van der Waals surface area contributed by atoms with Crippen LogP contribution in [0.1, 0.15) is 0 Å². The number of aromatic nitrogens is 4. The topological polar surface area (TPSA) is 120 Å². The van der Waals surface area contributed by atoms with E-state index in [4.69, 9.17) is 11.5 Å². The summed E-state index contributed by atoms with van der Waals surface area (Å²) in [6.07, 6.45) is 1.77. The number of nitrogens with zero attached hydrogens (tertiary/aromatic N) is 6. The lowest BCUT2D eigenvalue weighted by molar-refractivity contribution is 0.949. The predicted molar refractivity (Wildman–Crippen MR) is 119 cm³/mol. The maximum Gasteiger partial charge on any atom is 0.187 e. The first-order chi connectivity index (χ1) is 14.1. The van der Waals surface area contributed by atoms with Crippen molar-refractivity contribution in [2.75, 3.05) is 11.5 Å². The van der Waals surface area contributed by atoms with Crippen LogP contribution < -0.4 is 11.5 Å². The highest BCUT2D eigenvalue weighted by Gasteiger charge is 2.17. The van der Waals surface area contributed by atoms with Crippen molar-refractivity contribution in [1.82, 2.24) is 19.6 Å². The minimum atomic E-state index is 0.221. The van der Waals surface area contributed by atoms with E-state index in [1.54, 1.807) is 22.0 Å². The van der Waals surface area contributed by atoms with Crippen molar-refractivity contribution in [3.63, 3.8) is 0 Å². The molecule has 0 aliphatic carbocycles. The van der Waals surface area contributed by atoms with Crippen LogP contribution in [0, 0.1) is 0 Å². The maximum atomic E-state index is 6.24. The van der Waals surface area contributed by atoms with Crippen molar-refractivity contribution in [3.8, 4) is 10.6 Å².